The number of benzene rings is 1. The maximum Gasteiger partial charge on any atom is 0.326 e. The summed E-state index contributed by atoms with van der Waals surface area (Å²) < 4.78 is 5.57. The van der Waals surface area contributed by atoms with Gasteiger partial charge in [-0.3, -0.25) is 4.79 Å². The lowest BCUT2D eigenvalue weighted by Gasteiger charge is -2.32. The van der Waals surface area contributed by atoms with Crippen LogP contribution in [0.5, 0.6) is 5.75 Å². The summed E-state index contributed by atoms with van der Waals surface area (Å²) >= 11 is 0. The molecule has 0 unspecified atom stereocenters. The number of ether oxygens (including phenoxy) is 1. The van der Waals surface area contributed by atoms with Crippen molar-refractivity contribution in [3.63, 3.8) is 0 Å². The van der Waals surface area contributed by atoms with E-state index >= 15 is 0 Å². The molecule has 2 aromatic rings. The summed E-state index contributed by atoms with van der Waals surface area (Å²) in [6, 6.07) is 4.41. The van der Waals surface area contributed by atoms with E-state index in [9.17, 15) is 14.7 Å². The first-order valence-corrected chi connectivity index (χ1v) is 7.94. The van der Waals surface area contributed by atoms with Crippen LogP contribution in [0.2, 0.25) is 0 Å². The summed E-state index contributed by atoms with van der Waals surface area (Å²) in [6.45, 7) is 0.912. The van der Waals surface area contributed by atoms with E-state index in [2.05, 4.69) is 9.97 Å². The number of hydrogen-bond acceptors (Lipinski definition) is 4. The van der Waals surface area contributed by atoms with Crippen molar-refractivity contribution in [3.05, 3.63) is 47.0 Å². The summed E-state index contributed by atoms with van der Waals surface area (Å²) in [5.74, 6) is -0.489. The summed E-state index contributed by atoms with van der Waals surface area (Å²) in [5, 5.41) is 9.51. The second-order valence-corrected chi connectivity index (χ2v) is 6.09. The number of carboxylic acid groups (broad SMARTS) is 1. The minimum absolute atomic E-state index is 0.216. The lowest BCUT2D eigenvalue weighted by Crippen LogP contribution is -2.48. The number of aromatic amines is 1. The van der Waals surface area contributed by atoms with Gasteiger partial charge >= 0.3 is 5.97 Å². The van der Waals surface area contributed by atoms with Gasteiger partial charge in [0.15, 0.2) is 0 Å². The summed E-state index contributed by atoms with van der Waals surface area (Å²) in [5.41, 5.74) is 3.00. The average Bonchev–Trinajstić information content (AvgIpc) is 3.07. The number of carboxylic acids is 1. The number of rotatable bonds is 2. The monoisotopic (exact) mass is 327 g/mol. The van der Waals surface area contributed by atoms with Crippen LogP contribution in [0.1, 0.15) is 33.7 Å². The molecule has 0 saturated heterocycles. The number of carbonyl (C=O) groups excluding carboxylic acids is 1. The molecule has 4 rings (SSSR count). The molecule has 1 aromatic carbocycles. The van der Waals surface area contributed by atoms with Crippen LogP contribution in [0.25, 0.3) is 0 Å². The minimum atomic E-state index is -1.02. The Labute approximate surface area is 138 Å². The third-order valence-corrected chi connectivity index (χ3v) is 4.60. The van der Waals surface area contributed by atoms with Gasteiger partial charge in [0.2, 0.25) is 0 Å². The highest BCUT2D eigenvalue weighted by molar-refractivity contribution is 5.97. The number of nitrogens with one attached hydrogen (secondary N) is 1. The fourth-order valence-corrected chi connectivity index (χ4v) is 3.33. The fourth-order valence-electron chi connectivity index (χ4n) is 3.33. The van der Waals surface area contributed by atoms with Crippen molar-refractivity contribution >= 4 is 11.9 Å². The van der Waals surface area contributed by atoms with Crippen LogP contribution in [-0.4, -0.2) is 44.5 Å². The molecule has 7 heteroatoms. The van der Waals surface area contributed by atoms with Crippen molar-refractivity contribution in [2.45, 2.75) is 31.8 Å². The van der Waals surface area contributed by atoms with Crippen molar-refractivity contribution in [1.82, 2.24) is 14.9 Å². The topological polar surface area (TPSA) is 95.5 Å². The Morgan fingerprint density at radius 1 is 1.38 bits per heavy atom. The largest absolute Gasteiger partial charge is 0.493 e. The van der Waals surface area contributed by atoms with E-state index in [1.54, 1.807) is 12.1 Å². The van der Waals surface area contributed by atoms with Crippen LogP contribution in [0, 0.1) is 0 Å². The predicted octanol–water partition coefficient (Wildman–Crippen LogP) is 1.39. The van der Waals surface area contributed by atoms with Gasteiger partial charge in [0, 0.05) is 12.0 Å². The van der Waals surface area contributed by atoms with Crippen LogP contribution < -0.4 is 4.74 Å². The van der Waals surface area contributed by atoms with Crippen LogP contribution in [0.3, 0.4) is 0 Å². The number of hydrogen-bond donors (Lipinski definition) is 2. The maximum atomic E-state index is 12.9. The summed E-state index contributed by atoms with van der Waals surface area (Å²) in [4.78, 5) is 33.1. The molecule has 3 heterocycles. The molecule has 0 radical (unpaired) electrons. The zero-order chi connectivity index (χ0) is 16.7. The molecule has 1 aromatic heterocycles. The zero-order valence-electron chi connectivity index (χ0n) is 13.0. The highest BCUT2D eigenvalue weighted by Gasteiger charge is 2.36. The SMILES string of the molecule is O=C(O)[C@H]1Cc2nc[nH]c2CN1C(=O)c1ccc2c(c1)CCCO2. The summed E-state index contributed by atoms with van der Waals surface area (Å²) in [7, 11) is 0. The van der Waals surface area contributed by atoms with Gasteiger partial charge in [-0.15, -0.1) is 0 Å². The van der Waals surface area contributed by atoms with Gasteiger partial charge in [0.05, 0.1) is 30.9 Å². The van der Waals surface area contributed by atoms with E-state index < -0.39 is 12.0 Å². The number of amides is 1. The van der Waals surface area contributed by atoms with Crippen LogP contribution >= 0.6 is 0 Å². The minimum Gasteiger partial charge on any atom is -0.493 e. The quantitative estimate of drug-likeness (QED) is 0.869. The van der Waals surface area contributed by atoms with Gasteiger partial charge < -0.3 is 19.7 Å². The van der Waals surface area contributed by atoms with E-state index in [1.165, 1.54) is 11.2 Å². The number of aryl methyl sites for hydroxylation is 1. The molecular weight excluding hydrogens is 310 g/mol. The maximum absolute atomic E-state index is 12.9. The van der Waals surface area contributed by atoms with Gasteiger partial charge in [-0.1, -0.05) is 0 Å². The van der Waals surface area contributed by atoms with Crippen LogP contribution in [0.4, 0.5) is 0 Å². The zero-order valence-corrected chi connectivity index (χ0v) is 13.0. The first-order valence-electron chi connectivity index (χ1n) is 7.94. The van der Waals surface area contributed by atoms with E-state index in [4.69, 9.17) is 4.74 Å². The molecule has 0 saturated carbocycles. The number of H-pyrrole nitrogens is 1. The van der Waals surface area contributed by atoms with E-state index in [0.29, 0.717) is 17.9 Å². The van der Waals surface area contributed by atoms with Crippen LogP contribution in [0.15, 0.2) is 24.5 Å². The summed E-state index contributed by atoms with van der Waals surface area (Å²) in [6.07, 6.45) is 3.54. The van der Waals surface area contributed by atoms with Gasteiger partial charge in [-0.25, -0.2) is 9.78 Å². The number of nitrogens with zero attached hydrogens (tertiary/aromatic N) is 2. The van der Waals surface area contributed by atoms with Gasteiger partial charge in [-0.05, 0) is 36.6 Å². The van der Waals surface area contributed by atoms with Crippen molar-refractivity contribution in [2.24, 2.45) is 0 Å². The molecule has 1 amide bonds. The van der Waals surface area contributed by atoms with Crippen molar-refractivity contribution in [1.29, 1.82) is 0 Å². The smallest absolute Gasteiger partial charge is 0.326 e. The molecule has 2 aliphatic heterocycles. The Morgan fingerprint density at radius 2 is 2.25 bits per heavy atom. The highest BCUT2D eigenvalue weighted by Crippen LogP contribution is 2.28. The fraction of sp³-hybridized carbons (Fsp3) is 0.353. The third kappa shape index (κ3) is 2.42. The van der Waals surface area contributed by atoms with E-state index in [1.807, 2.05) is 6.07 Å². The molecule has 2 N–H and O–H groups in total. The second kappa shape index (κ2) is 5.67. The Morgan fingerprint density at radius 3 is 3.08 bits per heavy atom. The molecule has 0 bridgehead atoms. The van der Waals surface area contributed by atoms with Crippen LogP contribution in [-0.2, 0) is 24.2 Å². The molecule has 0 spiro atoms. The number of carbonyl (C=O) groups is 2. The first kappa shape index (κ1) is 14.7. The molecule has 7 nitrogen and oxygen atoms in total. The molecule has 0 fully saturated rings. The first-order chi connectivity index (χ1) is 11.6. The predicted molar refractivity (Wildman–Crippen MR) is 83.8 cm³/mol. The molecular formula is C17H17N3O4. The Kier molecular flexibility index (Phi) is 3.48. The standard InChI is InChI=1S/C17H17N3O4/c21-16(11-3-4-15-10(6-11)2-1-5-24-15)20-8-13-12(18-9-19-13)7-14(20)17(22)23/h3-4,6,9,14H,1-2,5,7-8H2,(H,18,19)(H,22,23)/t14-/m1/s1. The van der Waals surface area contributed by atoms with Crippen molar-refractivity contribution in [3.8, 4) is 5.75 Å². The average molecular weight is 327 g/mol. The molecule has 2 aliphatic rings. The lowest BCUT2D eigenvalue weighted by molar-refractivity contribution is -0.142. The normalized spacial score (nSPS) is 19.2. The molecule has 0 aliphatic carbocycles. The molecule has 1 atom stereocenters. The highest BCUT2D eigenvalue weighted by atomic mass is 16.5. The number of fused-ring (bicyclic) bond motifs is 2. The second-order valence-electron chi connectivity index (χ2n) is 6.09. The van der Waals surface area contributed by atoms with Gasteiger partial charge in [0.1, 0.15) is 11.8 Å². The number of aliphatic carboxylic acids is 1. The Balaban J connectivity index is 1.66. The number of aromatic nitrogens is 2. The van der Waals surface area contributed by atoms with Gasteiger partial charge in [-0.2, -0.15) is 0 Å². The number of imidazole rings is 1. The Hall–Kier alpha value is -2.83. The Bertz CT molecular complexity index is 814. The van der Waals surface area contributed by atoms with E-state index in [0.717, 1.165) is 29.8 Å². The van der Waals surface area contributed by atoms with Gasteiger partial charge in [0.25, 0.3) is 5.91 Å². The van der Waals surface area contributed by atoms with Crippen molar-refractivity contribution < 1.29 is 19.4 Å². The molecule has 124 valence electrons. The van der Waals surface area contributed by atoms with Crippen molar-refractivity contribution in [2.75, 3.05) is 6.61 Å². The lowest BCUT2D eigenvalue weighted by atomic mass is 9.99. The molecule has 24 heavy (non-hydrogen) atoms. The van der Waals surface area contributed by atoms with E-state index in [-0.39, 0.29) is 18.9 Å². The third-order valence-electron chi connectivity index (χ3n) is 4.60.